The lowest BCUT2D eigenvalue weighted by Gasteiger charge is -2.34. The third-order valence-electron chi connectivity index (χ3n) is 5.99. The number of hydrogen-bond acceptors (Lipinski definition) is 7. The maximum absolute atomic E-state index is 13.9. The molecule has 2 amide bonds. The van der Waals surface area contributed by atoms with Crippen LogP contribution in [-0.2, 0) is 26.2 Å². The minimum Gasteiger partial charge on any atom is -0.497 e. The minimum atomic E-state index is -3.86. The van der Waals surface area contributed by atoms with Crippen LogP contribution in [0.3, 0.4) is 0 Å². The van der Waals surface area contributed by atoms with Gasteiger partial charge in [-0.15, -0.1) is 0 Å². The molecule has 208 valence electrons. The Kier molecular flexibility index (Phi) is 9.14. The van der Waals surface area contributed by atoms with Crippen molar-refractivity contribution >= 4 is 27.5 Å². The summed E-state index contributed by atoms with van der Waals surface area (Å²) in [5.74, 6) is 0.459. The molecule has 2 aromatic carbocycles. The van der Waals surface area contributed by atoms with Gasteiger partial charge in [-0.3, -0.25) is 13.9 Å². The van der Waals surface area contributed by atoms with Crippen LogP contribution < -0.4 is 23.8 Å². The highest BCUT2D eigenvalue weighted by Gasteiger charge is 2.34. The van der Waals surface area contributed by atoms with E-state index in [2.05, 4.69) is 5.32 Å². The second-order valence-corrected chi connectivity index (χ2v) is 12.2. The van der Waals surface area contributed by atoms with Gasteiger partial charge >= 0.3 is 0 Å². The van der Waals surface area contributed by atoms with E-state index in [0.717, 1.165) is 9.87 Å². The number of methoxy groups -OCH3 is 1. The second kappa shape index (κ2) is 11.9. The molecule has 0 saturated heterocycles. The number of nitrogens with one attached hydrogen (secondary N) is 1. The third kappa shape index (κ3) is 7.09. The van der Waals surface area contributed by atoms with Crippen molar-refractivity contribution in [3.05, 3.63) is 48.0 Å². The quantitative estimate of drug-likeness (QED) is 0.459. The van der Waals surface area contributed by atoms with Crippen molar-refractivity contribution in [1.29, 1.82) is 0 Å². The van der Waals surface area contributed by atoms with Crippen LogP contribution in [0, 0.1) is 0 Å². The summed E-state index contributed by atoms with van der Waals surface area (Å²) in [6.45, 7) is 8.56. The summed E-state index contributed by atoms with van der Waals surface area (Å²) in [6.07, 6.45) is 0.335. The van der Waals surface area contributed by atoms with Crippen LogP contribution in [0.4, 0.5) is 5.69 Å². The average Bonchev–Trinajstić information content (AvgIpc) is 3.34. The number of carbonyl (C=O) groups is 2. The summed E-state index contributed by atoms with van der Waals surface area (Å²) in [4.78, 5) is 28.6. The van der Waals surface area contributed by atoms with Crippen molar-refractivity contribution in [2.24, 2.45) is 0 Å². The van der Waals surface area contributed by atoms with Crippen LogP contribution in [0.5, 0.6) is 17.2 Å². The molecular formula is C27H37N3O7S. The summed E-state index contributed by atoms with van der Waals surface area (Å²) >= 11 is 0. The fourth-order valence-corrected chi connectivity index (χ4v) is 5.15. The molecule has 38 heavy (non-hydrogen) atoms. The lowest BCUT2D eigenvalue weighted by molar-refractivity contribution is -0.141. The molecule has 1 heterocycles. The topological polar surface area (TPSA) is 114 Å². The van der Waals surface area contributed by atoms with Gasteiger partial charge in [0.1, 0.15) is 18.3 Å². The second-order valence-electron chi connectivity index (χ2n) is 9.98. The maximum atomic E-state index is 13.9. The number of hydrogen-bond donors (Lipinski definition) is 1. The largest absolute Gasteiger partial charge is 0.497 e. The van der Waals surface area contributed by atoms with Gasteiger partial charge in [-0.2, -0.15) is 0 Å². The molecule has 0 unspecified atom stereocenters. The number of carbonyl (C=O) groups excluding carboxylic acids is 2. The Balaban J connectivity index is 2.00. The van der Waals surface area contributed by atoms with Crippen LogP contribution in [0.2, 0.25) is 0 Å². The molecule has 0 saturated carbocycles. The smallest absolute Gasteiger partial charge is 0.244 e. The summed E-state index contributed by atoms with van der Waals surface area (Å²) < 4.78 is 43.4. The molecule has 0 radical (unpaired) electrons. The van der Waals surface area contributed by atoms with Crippen molar-refractivity contribution in [2.45, 2.75) is 59.2 Å². The Labute approximate surface area is 224 Å². The Hall–Kier alpha value is -3.47. The maximum Gasteiger partial charge on any atom is 0.244 e. The van der Waals surface area contributed by atoms with Gasteiger partial charge in [0, 0.05) is 18.2 Å². The zero-order valence-corrected chi connectivity index (χ0v) is 23.6. The molecule has 2 aromatic rings. The first kappa shape index (κ1) is 29.1. The van der Waals surface area contributed by atoms with Gasteiger partial charge in [-0.25, -0.2) is 8.42 Å². The zero-order valence-electron chi connectivity index (χ0n) is 22.8. The molecule has 1 atom stereocenters. The van der Waals surface area contributed by atoms with Crippen LogP contribution in [-0.4, -0.2) is 62.9 Å². The monoisotopic (exact) mass is 547 g/mol. The molecule has 1 aliphatic rings. The molecule has 0 bridgehead atoms. The first-order valence-electron chi connectivity index (χ1n) is 12.5. The molecule has 0 aliphatic carbocycles. The lowest BCUT2D eigenvalue weighted by Crippen LogP contribution is -2.55. The third-order valence-corrected chi connectivity index (χ3v) is 7.74. The van der Waals surface area contributed by atoms with E-state index in [-0.39, 0.29) is 30.7 Å². The number of fused-ring (bicyclic) bond motifs is 1. The van der Waals surface area contributed by atoms with E-state index in [1.807, 2.05) is 33.8 Å². The number of anilines is 1. The summed E-state index contributed by atoms with van der Waals surface area (Å²) in [5, 5.41) is 2.95. The number of amides is 2. The Morgan fingerprint density at radius 2 is 1.79 bits per heavy atom. The normalized spacial score (nSPS) is 13.5. The van der Waals surface area contributed by atoms with Gasteiger partial charge in [-0.1, -0.05) is 19.1 Å². The summed E-state index contributed by atoms with van der Waals surface area (Å²) in [5.41, 5.74) is 0.505. The highest BCUT2D eigenvalue weighted by molar-refractivity contribution is 7.92. The molecular weight excluding hydrogens is 510 g/mol. The van der Waals surface area contributed by atoms with E-state index in [1.165, 1.54) is 11.8 Å². The number of sulfonamides is 1. The van der Waals surface area contributed by atoms with E-state index in [9.17, 15) is 18.0 Å². The number of rotatable bonds is 11. The van der Waals surface area contributed by atoms with Crippen molar-refractivity contribution in [2.75, 3.05) is 30.5 Å². The van der Waals surface area contributed by atoms with Gasteiger partial charge in [0.15, 0.2) is 11.5 Å². The van der Waals surface area contributed by atoms with E-state index < -0.39 is 34.1 Å². The van der Waals surface area contributed by atoms with E-state index in [1.54, 1.807) is 43.5 Å². The number of ether oxygens (including phenoxy) is 3. The number of nitrogens with zero attached hydrogens (tertiary/aromatic N) is 2. The Morgan fingerprint density at radius 1 is 1.08 bits per heavy atom. The van der Waals surface area contributed by atoms with Crippen LogP contribution >= 0.6 is 0 Å². The molecule has 1 aliphatic heterocycles. The Bertz CT molecular complexity index is 1260. The Morgan fingerprint density at radius 3 is 2.42 bits per heavy atom. The van der Waals surface area contributed by atoms with E-state index >= 15 is 0 Å². The predicted octanol–water partition coefficient (Wildman–Crippen LogP) is 3.30. The first-order chi connectivity index (χ1) is 17.9. The van der Waals surface area contributed by atoms with Gasteiger partial charge in [0.25, 0.3) is 0 Å². The van der Waals surface area contributed by atoms with Gasteiger partial charge in [-0.05, 0) is 63.9 Å². The van der Waals surface area contributed by atoms with Crippen molar-refractivity contribution in [3.8, 4) is 17.2 Å². The molecule has 0 fully saturated rings. The van der Waals surface area contributed by atoms with Gasteiger partial charge < -0.3 is 24.4 Å². The van der Waals surface area contributed by atoms with Crippen LogP contribution in [0.25, 0.3) is 0 Å². The molecule has 3 rings (SSSR count). The van der Waals surface area contributed by atoms with Crippen molar-refractivity contribution in [1.82, 2.24) is 10.2 Å². The zero-order chi connectivity index (χ0) is 28.1. The average molecular weight is 548 g/mol. The summed E-state index contributed by atoms with van der Waals surface area (Å²) in [6, 6.07) is 11.1. The van der Waals surface area contributed by atoms with Crippen LogP contribution in [0.1, 0.15) is 46.6 Å². The first-order valence-corrected chi connectivity index (χ1v) is 14.1. The fraction of sp³-hybridized carbons (Fsp3) is 0.481. The lowest BCUT2D eigenvalue weighted by atomic mass is 10.1. The molecule has 0 aromatic heterocycles. The fourth-order valence-electron chi connectivity index (χ4n) is 4.10. The standard InChI is InChI=1S/C27H37N3O7S/c1-7-22(26(32)28-27(3,4)5)29(16-19-10-9-11-21(14-19)35-6)25(31)17-30(38(33,34)8-2)20-12-13-23-24(15-20)37-18-36-23/h9-15,22H,7-8,16-18H2,1-6H3,(H,28,32)/t22-/m1/s1. The molecule has 0 spiro atoms. The van der Waals surface area contributed by atoms with Crippen molar-refractivity contribution < 1.29 is 32.2 Å². The highest BCUT2D eigenvalue weighted by atomic mass is 32.2. The van der Waals surface area contributed by atoms with Crippen LogP contribution in [0.15, 0.2) is 42.5 Å². The van der Waals surface area contributed by atoms with E-state index in [4.69, 9.17) is 14.2 Å². The highest BCUT2D eigenvalue weighted by Crippen LogP contribution is 2.36. The molecule has 10 nitrogen and oxygen atoms in total. The van der Waals surface area contributed by atoms with Gasteiger partial charge in [0.05, 0.1) is 18.6 Å². The predicted molar refractivity (Wildman–Crippen MR) is 145 cm³/mol. The summed E-state index contributed by atoms with van der Waals surface area (Å²) in [7, 11) is -2.31. The number of benzene rings is 2. The molecule has 11 heteroatoms. The van der Waals surface area contributed by atoms with E-state index in [0.29, 0.717) is 23.7 Å². The minimum absolute atomic E-state index is 0.0353. The SMILES string of the molecule is CC[C@H](C(=O)NC(C)(C)C)N(Cc1cccc(OC)c1)C(=O)CN(c1ccc2c(c1)OCO2)S(=O)(=O)CC. The van der Waals surface area contributed by atoms with Crippen molar-refractivity contribution in [3.63, 3.8) is 0 Å². The van der Waals surface area contributed by atoms with Gasteiger partial charge in [0.2, 0.25) is 28.6 Å². The molecule has 1 N–H and O–H groups in total.